The fourth-order valence-electron chi connectivity index (χ4n) is 2.08. The van der Waals surface area contributed by atoms with E-state index >= 15 is 0 Å². The Balaban J connectivity index is 1.99. The summed E-state index contributed by atoms with van der Waals surface area (Å²) in [6, 6.07) is 2.94. The molecule has 0 atom stereocenters. The number of nitrogens with one attached hydrogen (secondary N) is 1. The average molecular weight is 353 g/mol. The fourth-order valence-corrected chi connectivity index (χ4v) is 3.93. The van der Waals surface area contributed by atoms with Gasteiger partial charge < -0.3 is 4.74 Å². The minimum Gasteiger partial charge on any atom is -0.379 e. The fraction of sp³-hybridized carbons (Fsp3) is 0.538. The molecule has 2 rings (SSSR count). The summed E-state index contributed by atoms with van der Waals surface area (Å²) < 4.78 is 32.4. The maximum Gasteiger partial charge on any atom is 0.242 e. The van der Waals surface area contributed by atoms with Crippen molar-refractivity contribution in [2.45, 2.75) is 11.8 Å². The topological polar surface area (TPSA) is 58.6 Å². The van der Waals surface area contributed by atoms with Gasteiger partial charge in [-0.1, -0.05) is 23.2 Å². The van der Waals surface area contributed by atoms with E-state index in [0.717, 1.165) is 13.1 Å². The number of rotatable bonds is 5. The Morgan fingerprint density at radius 3 is 2.57 bits per heavy atom. The van der Waals surface area contributed by atoms with Gasteiger partial charge in [0.2, 0.25) is 10.0 Å². The number of halogens is 2. The molecule has 1 fully saturated rings. The van der Waals surface area contributed by atoms with Gasteiger partial charge in [-0.05, 0) is 24.6 Å². The van der Waals surface area contributed by atoms with E-state index in [0.29, 0.717) is 36.9 Å². The van der Waals surface area contributed by atoms with Crippen molar-refractivity contribution in [3.05, 3.63) is 27.7 Å². The molecule has 1 aromatic rings. The van der Waals surface area contributed by atoms with Gasteiger partial charge in [-0.15, -0.1) is 0 Å². The van der Waals surface area contributed by atoms with Crippen molar-refractivity contribution in [3.8, 4) is 0 Å². The first-order valence-electron chi connectivity index (χ1n) is 6.65. The van der Waals surface area contributed by atoms with Gasteiger partial charge in [0.15, 0.2) is 0 Å². The zero-order chi connectivity index (χ0) is 15.5. The van der Waals surface area contributed by atoms with Crippen LogP contribution in [-0.2, 0) is 14.8 Å². The van der Waals surface area contributed by atoms with Crippen LogP contribution in [0.15, 0.2) is 17.0 Å². The van der Waals surface area contributed by atoms with Gasteiger partial charge >= 0.3 is 0 Å². The second-order valence-electron chi connectivity index (χ2n) is 4.88. The molecule has 0 radical (unpaired) electrons. The second-order valence-corrected chi connectivity index (χ2v) is 7.43. The molecule has 0 amide bonds. The Morgan fingerprint density at radius 1 is 1.24 bits per heavy atom. The van der Waals surface area contributed by atoms with Gasteiger partial charge in [0.25, 0.3) is 0 Å². The molecule has 0 bridgehead atoms. The molecule has 0 spiro atoms. The second kappa shape index (κ2) is 7.26. The monoisotopic (exact) mass is 352 g/mol. The highest BCUT2D eigenvalue weighted by Gasteiger charge is 2.19. The van der Waals surface area contributed by atoms with Crippen LogP contribution in [0.1, 0.15) is 5.56 Å². The molecule has 0 unspecified atom stereocenters. The van der Waals surface area contributed by atoms with Crippen LogP contribution >= 0.6 is 23.2 Å². The normalized spacial score (nSPS) is 17.1. The van der Waals surface area contributed by atoms with E-state index in [2.05, 4.69) is 9.62 Å². The Labute approximate surface area is 135 Å². The van der Waals surface area contributed by atoms with Crippen molar-refractivity contribution in [2.24, 2.45) is 0 Å². The Hall–Kier alpha value is -0.370. The lowest BCUT2D eigenvalue weighted by molar-refractivity contribution is 0.0390. The predicted molar refractivity (Wildman–Crippen MR) is 83.6 cm³/mol. The van der Waals surface area contributed by atoms with Gasteiger partial charge in [0.05, 0.1) is 18.2 Å². The Bertz CT molecular complexity index is 602. The third-order valence-electron chi connectivity index (χ3n) is 3.33. The van der Waals surface area contributed by atoms with Crippen LogP contribution in [0.25, 0.3) is 0 Å². The third-order valence-corrected chi connectivity index (χ3v) is 5.66. The van der Waals surface area contributed by atoms with E-state index in [1.807, 2.05) is 0 Å². The van der Waals surface area contributed by atoms with Gasteiger partial charge in [0.1, 0.15) is 4.90 Å². The summed E-state index contributed by atoms with van der Waals surface area (Å²) in [6.45, 7) is 5.74. The number of hydrogen-bond donors (Lipinski definition) is 1. The van der Waals surface area contributed by atoms with Gasteiger partial charge in [-0.2, -0.15) is 0 Å². The molecule has 1 aliphatic rings. The van der Waals surface area contributed by atoms with Crippen molar-refractivity contribution in [1.82, 2.24) is 9.62 Å². The van der Waals surface area contributed by atoms with E-state index in [4.69, 9.17) is 27.9 Å². The molecule has 1 N–H and O–H groups in total. The van der Waals surface area contributed by atoms with E-state index in [-0.39, 0.29) is 9.92 Å². The predicted octanol–water partition coefficient (Wildman–Crippen LogP) is 1.91. The van der Waals surface area contributed by atoms with E-state index in [1.165, 1.54) is 12.1 Å². The van der Waals surface area contributed by atoms with Crippen molar-refractivity contribution in [2.75, 3.05) is 39.4 Å². The zero-order valence-corrected chi connectivity index (χ0v) is 14.1. The van der Waals surface area contributed by atoms with Gasteiger partial charge in [0, 0.05) is 31.2 Å². The summed E-state index contributed by atoms with van der Waals surface area (Å²) in [5.41, 5.74) is 0.676. The number of benzene rings is 1. The molecule has 1 saturated heterocycles. The van der Waals surface area contributed by atoms with Crippen LogP contribution < -0.4 is 4.72 Å². The third kappa shape index (κ3) is 4.55. The summed E-state index contributed by atoms with van der Waals surface area (Å²) in [4.78, 5) is 2.22. The lowest BCUT2D eigenvalue weighted by atomic mass is 10.2. The minimum atomic E-state index is -3.63. The molecular weight excluding hydrogens is 335 g/mol. The van der Waals surface area contributed by atoms with Crippen LogP contribution in [0.5, 0.6) is 0 Å². The highest BCUT2D eigenvalue weighted by Crippen LogP contribution is 2.27. The standard InChI is InChI=1S/C13H18Cl2N2O3S/c1-10-8-13(12(15)9-11(10)14)21(18,19)16-2-3-17-4-6-20-7-5-17/h8-9,16H,2-7H2,1H3. The molecule has 0 saturated carbocycles. The van der Waals surface area contributed by atoms with Gasteiger partial charge in [-0.25, -0.2) is 13.1 Å². The summed E-state index contributed by atoms with van der Waals surface area (Å²) >= 11 is 11.9. The Morgan fingerprint density at radius 2 is 1.90 bits per heavy atom. The highest BCUT2D eigenvalue weighted by molar-refractivity contribution is 7.89. The number of ether oxygens (including phenoxy) is 1. The highest BCUT2D eigenvalue weighted by atomic mass is 35.5. The van der Waals surface area contributed by atoms with Crippen molar-refractivity contribution < 1.29 is 13.2 Å². The molecule has 1 aromatic carbocycles. The van der Waals surface area contributed by atoms with Crippen LogP contribution in [0, 0.1) is 6.92 Å². The number of aryl methyl sites for hydroxylation is 1. The van der Waals surface area contributed by atoms with Gasteiger partial charge in [-0.3, -0.25) is 4.90 Å². The number of sulfonamides is 1. The summed E-state index contributed by atoms with van der Waals surface area (Å²) in [5, 5.41) is 0.580. The van der Waals surface area contributed by atoms with Crippen molar-refractivity contribution in [1.29, 1.82) is 0 Å². The lowest BCUT2D eigenvalue weighted by Crippen LogP contribution is -2.41. The van der Waals surface area contributed by atoms with E-state index < -0.39 is 10.0 Å². The number of nitrogens with zero attached hydrogens (tertiary/aromatic N) is 1. The molecule has 1 aliphatic heterocycles. The molecule has 118 valence electrons. The minimum absolute atomic E-state index is 0.0630. The van der Waals surface area contributed by atoms with Crippen LogP contribution in [0.4, 0.5) is 0 Å². The summed E-state index contributed by atoms with van der Waals surface area (Å²) in [6.07, 6.45) is 0. The van der Waals surface area contributed by atoms with Crippen molar-refractivity contribution >= 4 is 33.2 Å². The first kappa shape index (κ1) is 17.0. The molecule has 5 nitrogen and oxygen atoms in total. The lowest BCUT2D eigenvalue weighted by Gasteiger charge is -2.26. The molecule has 1 heterocycles. The first-order chi connectivity index (χ1) is 9.90. The molecular formula is C13H18Cl2N2O3S. The SMILES string of the molecule is Cc1cc(S(=O)(=O)NCCN2CCOCC2)c(Cl)cc1Cl. The molecule has 0 aliphatic carbocycles. The average Bonchev–Trinajstić information content (AvgIpc) is 2.43. The number of hydrogen-bond acceptors (Lipinski definition) is 4. The first-order valence-corrected chi connectivity index (χ1v) is 8.89. The van der Waals surface area contributed by atoms with Crippen LogP contribution in [-0.4, -0.2) is 52.7 Å². The van der Waals surface area contributed by atoms with E-state index in [9.17, 15) is 8.42 Å². The van der Waals surface area contributed by atoms with Crippen LogP contribution in [0.2, 0.25) is 10.0 Å². The zero-order valence-electron chi connectivity index (χ0n) is 11.7. The summed E-state index contributed by atoms with van der Waals surface area (Å²) in [7, 11) is -3.63. The molecule has 21 heavy (non-hydrogen) atoms. The maximum absolute atomic E-state index is 12.3. The molecule has 8 heteroatoms. The smallest absolute Gasteiger partial charge is 0.242 e. The number of morpholine rings is 1. The molecule has 0 aromatic heterocycles. The van der Waals surface area contributed by atoms with Crippen molar-refractivity contribution in [3.63, 3.8) is 0 Å². The van der Waals surface area contributed by atoms with Crippen LogP contribution in [0.3, 0.4) is 0 Å². The quantitative estimate of drug-likeness (QED) is 0.879. The Kier molecular flexibility index (Phi) is 5.88. The summed E-state index contributed by atoms with van der Waals surface area (Å²) in [5.74, 6) is 0. The maximum atomic E-state index is 12.3. The van der Waals surface area contributed by atoms with E-state index in [1.54, 1.807) is 6.92 Å². The largest absolute Gasteiger partial charge is 0.379 e.